The average Bonchev–Trinajstić information content (AvgIpc) is 3.37. The molecule has 43 heavy (non-hydrogen) atoms. The lowest BCUT2D eigenvalue weighted by molar-refractivity contribution is 0.0755. The molecule has 0 aliphatic carbocycles. The number of nitrogens with one attached hydrogen (secondary N) is 2. The molecule has 0 unspecified atom stereocenters. The van der Waals surface area contributed by atoms with Crippen molar-refractivity contribution >= 4 is 11.8 Å². The quantitative estimate of drug-likeness (QED) is 0.209. The number of oxazole rings is 1. The van der Waals surface area contributed by atoms with Crippen molar-refractivity contribution in [2.24, 2.45) is 5.92 Å². The molecule has 234 valence electrons. The Balaban J connectivity index is 1.78. The van der Waals surface area contributed by atoms with Gasteiger partial charge in [-0.1, -0.05) is 27.7 Å². The van der Waals surface area contributed by atoms with Crippen molar-refractivity contribution in [1.29, 1.82) is 0 Å². The minimum atomic E-state index is -1.12. The van der Waals surface area contributed by atoms with E-state index in [9.17, 15) is 23.5 Å². The van der Waals surface area contributed by atoms with Gasteiger partial charge in [0.05, 0.1) is 24.9 Å². The first-order chi connectivity index (χ1) is 20.5. The Morgan fingerprint density at radius 2 is 1.63 bits per heavy atom. The molecule has 2 aromatic carbocycles. The van der Waals surface area contributed by atoms with Crippen molar-refractivity contribution in [2.75, 3.05) is 19.6 Å². The van der Waals surface area contributed by atoms with Gasteiger partial charge in [0.15, 0.2) is 5.89 Å². The molecule has 0 fully saturated rings. The number of halogens is 2. The van der Waals surface area contributed by atoms with Crippen LogP contribution in [0.5, 0.6) is 0 Å². The predicted octanol–water partition coefficient (Wildman–Crippen LogP) is 5.21. The van der Waals surface area contributed by atoms with Crippen molar-refractivity contribution in [3.8, 4) is 0 Å². The van der Waals surface area contributed by atoms with E-state index in [1.807, 2.05) is 13.8 Å². The zero-order chi connectivity index (χ0) is 31.5. The molecule has 10 heteroatoms. The third-order valence-electron chi connectivity index (χ3n) is 6.86. The second-order valence-electron chi connectivity index (χ2n) is 11.5. The third-order valence-corrected chi connectivity index (χ3v) is 6.86. The first kappa shape index (κ1) is 33.9. The molecular weight excluding hydrogens is 554 g/mol. The predicted molar refractivity (Wildman–Crippen MR) is 162 cm³/mol. The van der Waals surface area contributed by atoms with Crippen LogP contribution in [-0.2, 0) is 19.4 Å². The molecule has 3 rings (SSSR count). The molecule has 2 atom stereocenters. The van der Waals surface area contributed by atoms with Crippen LogP contribution in [0.1, 0.15) is 84.0 Å². The molecule has 0 saturated heterocycles. The first-order valence-electron chi connectivity index (χ1n) is 15.0. The number of amides is 2. The highest BCUT2D eigenvalue weighted by atomic mass is 19.1. The minimum Gasteiger partial charge on any atom is -0.444 e. The third kappa shape index (κ3) is 10.5. The van der Waals surface area contributed by atoms with Gasteiger partial charge in [0, 0.05) is 43.2 Å². The van der Waals surface area contributed by atoms with Gasteiger partial charge in [0.2, 0.25) is 0 Å². The zero-order valence-corrected chi connectivity index (χ0v) is 25.8. The van der Waals surface area contributed by atoms with E-state index in [4.69, 9.17) is 4.42 Å². The standard InChI is InChI=1S/C33H44F2N4O4/c1-6-8-39(9-7-2)33(42)25-12-22(5)11-24(16-25)32(41)38-29(15-23-13-26(34)17-27(35)14-23)30(40)20-36-18-28-19-37-31(43-28)10-21(3)4/h11-14,16-17,19,21,29-30,36,40H,6-10,15,18,20H2,1-5H3,(H,38,41)/t29-,30+/m0/s1. The van der Waals surface area contributed by atoms with Crippen molar-refractivity contribution in [2.45, 2.75) is 79.0 Å². The number of aliphatic hydroxyl groups excluding tert-OH is 1. The molecule has 3 N–H and O–H groups in total. The summed E-state index contributed by atoms with van der Waals surface area (Å²) in [6, 6.07) is 7.18. The lowest BCUT2D eigenvalue weighted by Crippen LogP contribution is -2.48. The van der Waals surface area contributed by atoms with Crippen LogP contribution in [0.4, 0.5) is 8.78 Å². The van der Waals surface area contributed by atoms with Crippen LogP contribution in [0.2, 0.25) is 0 Å². The highest BCUT2D eigenvalue weighted by Crippen LogP contribution is 2.16. The summed E-state index contributed by atoms with van der Waals surface area (Å²) in [7, 11) is 0. The van der Waals surface area contributed by atoms with Crippen LogP contribution < -0.4 is 10.6 Å². The maximum Gasteiger partial charge on any atom is 0.253 e. The highest BCUT2D eigenvalue weighted by Gasteiger charge is 2.24. The van der Waals surface area contributed by atoms with Gasteiger partial charge in [0.25, 0.3) is 11.8 Å². The van der Waals surface area contributed by atoms with E-state index in [2.05, 4.69) is 29.5 Å². The normalized spacial score (nSPS) is 12.8. The Kier molecular flexibility index (Phi) is 12.8. The minimum absolute atomic E-state index is 0.0253. The largest absolute Gasteiger partial charge is 0.444 e. The lowest BCUT2D eigenvalue weighted by atomic mass is 9.99. The van der Waals surface area contributed by atoms with E-state index in [1.54, 1.807) is 36.2 Å². The fourth-order valence-electron chi connectivity index (χ4n) is 4.95. The number of hydrogen-bond donors (Lipinski definition) is 3. The summed E-state index contributed by atoms with van der Waals surface area (Å²) < 4.78 is 33.7. The molecule has 0 aliphatic heterocycles. The van der Waals surface area contributed by atoms with Gasteiger partial charge in [-0.15, -0.1) is 0 Å². The van der Waals surface area contributed by atoms with Crippen molar-refractivity contribution in [3.63, 3.8) is 0 Å². The fourth-order valence-corrected chi connectivity index (χ4v) is 4.95. The second kappa shape index (κ2) is 16.3. The van der Waals surface area contributed by atoms with Crippen molar-refractivity contribution in [1.82, 2.24) is 20.5 Å². The van der Waals surface area contributed by atoms with E-state index in [0.29, 0.717) is 49.2 Å². The van der Waals surface area contributed by atoms with E-state index in [-0.39, 0.29) is 30.0 Å². The van der Waals surface area contributed by atoms with Gasteiger partial charge in [-0.05, 0) is 73.6 Å². The SMILES string of the molecule is CCCN(CCC)C(=O)c1cc(C)cc(C(=O)N[C@@H](Cc2cc(F)cc(F)c2)[C@H](O)CNCc2cnc(CC(C)C)o2)c1. The average molecular weight is 599 g/mol. The van der Waals surface area contributed by atoms with Crippen LogP contribution in [0.3, 0.4) is 0 Å². The molecule has 0 saturated carbocycles. The Bertz CT molecular complexity index is 1330. The van der Waals surface area contributed by atoms with Crippen molar-refractivity contribution in [3.05, 3.63) is 88.1 Å². The second-order valence-corrected chi connectivity index (χ2v) is 11.5. The van der Waals surface area contributed by atoms with Crippen LogP contribution >= 0.6 is 0 Å². The molecule has 3 aromatic rings. The molecule has 0 bridgehead atoms. The van der Waals surface area contributed by atoms with Gasteiger partial charge < -0.3 is 25.1 Å². The summed E-state index contributed by atoms with van der Waals surface area (Å²) in [6.45, 7) is 11.5. The van der Waals surface area contributed by atoms with Gasteiger partial charge in [-0.25, -0.2) is 13.8 Å². The van der Waals surface area contributed by atoms with Gasteiger partial charge in [-0.2, -0.15) is 0 Å². The van der Waals surface area contributed by atoms with Crippen LogP contribution in [-0.4, -0.2) is 58.6 Å². The summed E-state index contributed by atoms with van der Waals surface area (Å²) in [4.78, 5) is 32.8. The topological polar surface area (TPSA) is 108 Å². The first-order valence-corrected chi connectivity index (χ1v) is 15.0. The van der Waals surface area contributed by atoms with Crippen LogP contribution in [0, 0.1) is 24.5 Å². The zero-order valence-electron chi connectivity index (χ0n) is 25.8. The molecule has 1 heterocycles. The van der Waals surface area contributed by atoms with Crippen LogP contribution in [0.25, 0.3) is 0 Å². The summed E-state index contributed by atoms with van der Waals surface area (Å²) in [5.74, 6) is -0.526. The van der Waals surface area contributed by atoms with E-state index in [1.165, 1.54) is 12.1 Å². The molecule has 0 aliphatic rings. The number of aliphatic hydroxyl groups is 1. The highest BCUT2D eigenvalue weighted by molar-refractivity contribution is 6.00. The maximum atomic E-state index is 14.0. The van der Waals surface area contributed by atoms with Gasteiger partial charge in [-0.3, -0.25) is 9.59 Å². The Morgan fingerprint density at radius 1 is 0.977 bits per heavy atom. The Hall–Kier alpha value is -3.63. The Morgan fingerprint density at radius 3 is 2.26 bits per heavy atom. The fraction of sp³-hybridized carbons (Fsp3) is 0.485. The molecule has 8 nitrogen and oxygen atoms in total. The number of hydrogen-bond acceptors (Lipinski definition) is 6. The number of carbonyl (C=O) groups is 2. The number of benzene rings is 2. The monoisotopic (exact) mass is 598 g/mol. The number of rotatable bonds is 16. The summed E-state index contributed by atoms with van der Waals surface area (Å²) >= 11 is 0. The smallest absolute Gasteiger partial charge is 0.253 e. The number of nitrogens with zero attached hydrogens (tertiary/aromatic N) is 2. The molecule has 2 amide bonds. The van der Waals surface area contributed by atoms with Gasteiger partial charge >= 0.3 is 0 Å². The van der Waals surface area contributed by atoms with E-state index in [0.717, 1.165) is 24.5 Å². The summed E-state index contributed by atoms with van der Waals surface area (Å²) in [5.41, 5.74) is 1.68. The lowest BCUT2D eigenvalue weighted by Gasteiger charge is -2.25. The van der Waals surface area contributed by atoms with E-state index < -0.39 is 29.7 Å². The summed E-state index contributed by atoms with van der Waals surface area (Å²) in [5, 5.41) is 17.1. The molecular formula is C33H44F2N4O4. The molecule has 0 radical (unpaired) electrons. The summed E-state index contributed by atoms with van der Waals surface area (Å²) in [6.07, 6.45) is 2.82. The number of aromatic nitrogens is 1. The Labute approximate surface area is 252 Å². The maximum absolute atomic E-state index is 14.0. The number of aryl methyl sites for hydroxylation is 1. The van der Waals surface area contributed by atoms with Crippen molar-refractivity contribution < 1.29 is 27.9 Å². The molecule has 0 spiro atoms. The van der Waals surface area contributed by atoms with Crippen LogP contribution in [0.15, 0.2) is 47.0 Å². The van der Waals surface area contributed by atoms with Gasteiger partial charge in [0.1, 0.15) is 17.4 Å². The number of carbonyl (C=O) groups excluding carboxylic acids is 2. The molecule has 1 aromatic heterocycles. The van der Waals surface area contributed by atoms with E-state index >= 15 is 0 Å².